The highest BCUT2D eigenvalue weighted by Crippen LogP contribution is 2.62. The van der Waals surface area contributed by atoms with Gasteiger partial charge in [0.2, 0.25) is 0 Å². The van der Waals surface area contributed by atoms with Crippen molar-refractivity contribution in [1.29, 1.82) is 0 Å². The Bertz CT molecular complexity index is 1020. The minimum Gasteiger partial charge on any atom is -0.733 e. The average molecular weight is 455 g/mol. The number of Topliss-reactive ketones (excluding diaryl/α,β-unsaturated/α-hetero) is 1. The summed E-state index contributed by atoms with van der Waals surface area (Å²) in [5, 5.41) is 30.2. The highest BCUT2D eigenvalue weighted by atomic mass is 16.8. The van der Waals surface area contributed by atoms with Crippen LogP contribution in [0.15, 0.2) is 47.6 Å². The maximum Gasteiger partial charge on any atom is 0.317 e. The van der Waals surface area contributed by atoms with Gasteiger partial charge in [0.15, 0.2) is 5.78 Å². The molecule has 4 atom stereocenters. The lowest BCUT2D eigenvalue weighted by Gasteiger charge is -2.57. The van der Waals surface area contributed by atoms with E-state index >= 15 is 0 Å². The van der Waals surface area contributed by atoms with Gasteiger partial charge in [-0.15, -0.1) is 0 Å². The van der Waals surface area contributed by atoms with Gasteiger partial charge in [-0.25, -0.2) is 0 Å². The molecule has 7 heteroatoms. The standard InChI is InChI=1S/C26H32NO6/c1-24(2,30)20-14-16-6-11-22-25(3,19(16)15-21(20)28)12-5-13-26(22,4)23(29)33-18-9-7-17(8-10-18)27(31)32/h6-10,14,19,22,30-31H,5,11-13,15H2,1-4H3/q-1. The van der Waals surface area contributed by atoms with Crippen LogP contribution in [-0.4, -0.2) is 27.7 Å². The molecule has 0 saturated heterocycles. The third-order valence-corrected chi connectivity index (χ3v) is 8.16. The summed E-state index contributed by atoms with van der Waals surface area (Å²) in [6, 6.07) is 5.75. The largest absolute Gasteiger partial charge is 0.733 e. The number of nitrogens with zero attached hydrogens (tertiary/aromatic N) is 1. The fourth-order valence-electron chi connectivity index (χ4n) is 6.32. The van der Waals surface area contributed by atoms with Gasteiger partial charge in [-0.1, -0.05) is 19.4 Å². The third-order valence-electron chi connectivity index (χ3n) is 8.16. The molecule has 4 unspecified atom stereocenters. The van der Waals surface area contributed by atoms with Gasteiger partial charge in [0.25, 0.3) is 0 Å². The molecule has 0 aliphatic heterocycles. The van der Waals surface area contributed by atoms with Crippen molar-refractivity contribution >= 4 is 17.4 Å². The van der Waals surface area contributed by atoms with E-state index < -0.39 is 11.0 Å². The average Bonchev–Trinajstić information content (AvgIpc) is 2.73. The Balaban J connectivity index is 1.62. The number of esters is 1. The van der Waals surface area contributed by atoms with Gasteiger partial charge in [0, 0.05) is 12.0 Å². The van der Waals surface area contributed by atoms with Gasteiger partial charge in [-0.05, 0) is 93.2 Å². The van der Waals surface area contributed by atoms with E-state index in [1.807, 2.05) is 13.0 Å². The Kier molecular flexibility index (Phi) is 5.79. The van der Waals surface area contributed by atoms with Crippen LogP contribution in [0.25, 0.3) is 0 Å². The monoisotopic (exact) mass is 454 g/mol. The Labute approximate surface area is 194 Å². The van der Waals surface area contributed by atoms with Crippen LogP contribution in [0.5, 0.6) is 5.75 Å². The minimum absolute atomic E-state index is 0.00847. The summed E-state index contributed by atoms with van der Waals surface area (Å²) in [5.41, 5.74) is -0.551. The zero-order valence-electron chi connectivity index (χ0n) is 19.6. The second-order valence-corrected chi connectivity index (χ2v) is 10.7. The number of anilines is 1. The second-order valence-electron chi connectivity index (χ2n) is 10.7. The number of carbonyl (C=O) groups is 2. The quantitative estimate of drug-likeness (QED) is 0.385. The lowest BCUT2D eigenvalue weighted by molar-refractivity contribution is -0.159. The third kappa shape index (κ3) is 4.03. The molecule has 178 valence electrons. The maximum absolute atomic E-state index is 13.4. The molecule has 4 rings (SSSR count). The molecule has 3 aliphatic carbocycles. The number of hydrogen-bond acceptors (Lipinski definition) is 7. The minimum atomic E-state index is -1.18. The van der Waals surface area contributed by atoms with E-state index in [0.29, 0.717) is 30.6 Å². The summed E-state index contributed by atoms with van der Waals surface area (Å²) in [7, 11) is 0. The normalized spacial score (nSPS) is 31.7. The Morgan fingerprint density at radius 1 is 1.21 bits per heavy atom. The fourth-order valence-corrected chi connectivity index (χ4v) is 6.32. The SMILES string of the molecule is CC(C)(O)C1=CC2=CCC3C(C)(C(=O)Oc4ccc(N([O-])O)cc4)CCCC3(C)C2CC1=O. The molecule has 0 radical (unpaired) electrons. The molecular weight excluding hydrogens is 422 g/mol. The molecule has 0 bridgehead atoms. The van der Waals surface area contributed by atoms with E-state index in [9.17, 15) is 19.9 Å². The number of carbonyl (C=O) groups excluding carboxylic acids is 2. The maximum atomic E-state index is 13.4. The number of allylic oxidation sites excluding steroid dienone is 3. The van der Waals surface area contributed by atoms with Crippen molar-refractivity contribution in [1.82, 2.24) is 0 Å². The lowest BCUT2D eigenvalue weighted by Crippen LogP contribution is -2.54. The van der Waals surface area contributed by atoms with Crippen molar-refractivity contribution in [3.63, 3.8) is 0 Å². The zero-order valence-corrected chi connectivity index (χ0v) is 19.6. The summed E-state index contributed by atoms with van der Waals surface area (Å²) in [6.07, 6.45) is 7.51. The van der Waals surface area contributed by atoms with E-state index in [1.54, 1.807) is 13.8 Å². The summed E-state index contributed by atoms with van der Waals surface area (Å²) >= 11 is 0. The molecule has 33 heavy (non-hydrogen) atoms. The molecule has 0 heterocycles. The molecule has 0 spiro atoms. The Morgan fingerprint density at radius 3 is 2.48 bits per heavy atom. The van der Waals surface area contributed by atoms with Gasteiger partial charge in [-0.3, -0.25) is 14.8 Å². The Morgan fingerprint density at radius 2 is 1.88 bits per heavy atom. The van der Waals surface area contributed by atoms with Crippen molar-refractivity contribution in [2.45, 2.75) is 65.4 Å². The number of rotatable bonds is 4. The van der Waals surface area contributed by atoms with Crippen LogP contribution in [-0.2, 0) is 9.59 Å². The fraction of sp³-hybridized carbons (Fsp3) is 0.538. The van der Waals surface area contributed by atoms with Crippen LogP contribution in [0.3, 0.4) is 0 Å². The summed E-state index contributed by atoms with van der Waals surface area (Å²) < 4.78 is 5.73. The van der Waals surface area contributed by atoms with Crippen LogP contribution < -0.4 is 9.96 Å². The van der Waals surface area contributed by atoms with Gasteiger partial charge >= 0.3 is 5.97 Å². The summed E-state index contributed by atoms with van der Waals surface area (Å²) in [4.78, 5) is 26.4. The van der Waals surface area contributed by atoms with E-state index in [-0.39, 0.29) is 39.9 Å². The van der Waals surface area contributed by atoms with E-state index in [1.165, 1.54) is 24.3 Å². The summed E-state index contributed by atoms with van der Waals surface area (Å²) in [6.45, 7) is 7.43. The molecule has 3 aliphatic rings. The highest BCUT2D eigenvalue weighted by molar-refractivity contribution is 5.99. The molecule has 1 aromatic carbocycles. The van der Waals surface area contributed by atoms with Crippen LogP contribution in [0, 0.1) is 27.9 Å². The first-order valence-electron chi connectivity index (χ1n) is 11.5. The van der Waals surface area contributed by atoms with Crippen molar-refractivity contribution < 1.29 is 24.6 Å². The van der Waals surface area contributed by atoms with Crippen LogP contribution in [0.4, 0.5) is 5.69 Å². The number of benzene rings is 1. The summed E-state index contributed by atoms with van der Waals surface area (Å²) in [5.74, 6) is -0.0109. The predicted octanol–water partition coefficient (Wildman–Crippen LogP) is 4.71. The van der Waals surface area contributed by atoms with Crippen molar-refractivity contribution in [2.75, 3.05) is 5.23 Å². The molecular formula is C26H32NO6-. The zero-order chi connectivity index (χ0) is 24.2. The van der Waals surface area contributed by atoms with Gasteiger partial charge in [-0.2, -0.15) is 0 Å². The van der Waals surface area contributed by atoms with Crippen LogP contribution in [0.2, 0.25) is 0 Å². The van der Waals surface area contributed by atoms with Crippen LogP contribution >= 0.6 is 0 Å². The second kappa shape index (κ2) is 8.08. The topological polar surface area (TPSA) is 110 Å². The Hall–Kier alpha value is -2.48. The first-order chi connectivity index (χ1) is 15.4. The van der Waals surface area contributed by atoms with Crippen molar-refractivity contribution in [3.8, 4) is 5.75 Å². The highest BCUT2D eigenvalue weighted by Gasteiger charge is 2.58. The lowest BCUT2D eigenvalue weighted by atomic mass is 9.46. The molecule has 1 aromatic rings. The van der Waals surface area contributed by atoms with Gasteiger partial charge < -0.3 is 20.3 Å². The number of fused-ring (bicyclic) bond motifs is 3. The molecule has 7 nitrogen and oxygen atoms in total. The predicted molar refractivity (Wildman–Crippen MR) is 123 cm³/mol. The molecule has 1 saturated carbocycles. The smallest absolute Gasteiger partial charge is 0.317 e. The van der Waals surface area contributed by atoms with E-state index in [2.05, 4.69) is 13.0 Å². The van der Waals surface area contributed by atoms with Crippen LogP contribution in [0.1, 0.15) is 59.8 Å². The number of ether oxygens (including phenoxy) is 1. The van der Waals surface area contributed by atoms with Gasteiger partial charge in [0.1, 0.15) is 5.75 Å². The number of hydrogen-bond donors (Lipinski definition) is 2. The first-order valence-corrected chi connectivity index (χ1v) is 11.5. The van der Waals surface area contributed by atoms with E-state index in [4.69, 9.17) is 9.94 Å². The van der Waals surface area contributed by atoms with Crippen molar-refractivity contribution in [2.24, 2.45) is 22.7 Å². The van der Waals surface area contributed by atoms with E-state index in [0.717, 1.165) is 18.4 Å². The molecule has 0 aromatic heterocycles. The first kappa shape index (κ1) is 23.7. The molecule has 1 fully saturated rings. The number of ketones is 1. The molecule has 0 amide bonds. The number of aliphatic hydroxyl groups is 1. The molecule has 2 N–H and O–H groups in total. The van der Waals surface area contributed by atoms with Crippen molar-refractivity contribution in [3.05, 3.63) is 52.8 Å². The van der Waals surface area contributed by atoms with Gasteiger partial charge in [0.05, 0.1) is 16.7 Å².